The highest BCUT2D eigenvalue weighted by Crippen LogP contribution is 2.32. The minimum absolute atomic E-state index is 0.0340. The Morgan fingerprint density at radius 1 is 1.54 bits per heavy atom. The number of hydrazine groups is 1. The van der Waals surface area contributed by atoms with Crippen LogP contribution in [-0.4, -0.2) is 11.7 Å². The average Bonchev–Trinajstić information content (AvgIpc) is 2.16. The number of fused-ring (bicyclic) bond motifs is 1. The smallest absolute Gasteiger partial charge is 0.234 e. The molecule has 1 heterocycles. The van der Waals surface area contributed by atoms with Crippen LogP contribution in [0.4, 0.5) is 11.4 Å². The van der Waals surface area contributed by atoms with Crippen molar-refractivity contribution in [3.63, 3.8) is 0 Å². The summed E-state index contributed by atoms with van der Waals surface area (Å²) in [6.07, 6.45) is 0. The van der Waals surface area contributed by atoms with Crippen molar-refractivity contribution in [3.05, 3.63) is 18.2 Å². The Hall–Kier alpha value is -1.20. The van der Waals surface area contributed by atoms with E-state index < -0.39 is 0 Å². The molecule has 0 bridgehead atoms. The molecule has 1 aromatic rings. The Kier molecular flexibility index (Phi) is 2.12. The van der Waals surface area contributed by atoms with Gasteiger partial charge in [0.1, 0.15) is 0 Å². The summed E-state index contributed by atoms with van der Waals surface area (Å²) < 4.78 is 0. The molecular formula is C8H9N3OS. The van der Waals surface area contributed by atoms with Gasteiger partial charge in [0.15, 0.2) is 0 Å². The molecule has 4 nitrogen and oxygen atoms in total. The van der Waals surface area contributed by atoms with Gasteiger partial charge < -0.3 is 10.7 Å². The van der Waals surface area contributed by atoms with Gasteiger partial charge in [0.25, 0.3) is 0 Å². The molecule has 1 aliphatic heterocycles. The first-order valence-corrected chi connectivity index (χ1v) is 4.81. The molecule has 0 spiro atoms. The highest BCUT2D eigenvalue weighted by Gasteiger charge is 2.14. The molecule has 0 saturated carbocycles. The van der Waals surface area contributed by atoms with Gasteiger partial charge in [-0.2, -0.15) is 0 Å². The fourth-order valence-corrected chi connectivity index (χ4v) is 1.96. The van der Waals surface area contributed by atoms with Gasteiger partial charge >= 0.3 is 0 Å². The zero-order valence-electron chi connectivity index (χ0n) is 6.83. The van der Waals surface area contributed by atoms with Crippen molar-refractivity contribution >= 4 is 29.0 Å². The maximum absolute atomic E-state index is 11.0. The quantitative estimate of drug-likeness (QED) is 0.462. The van der Waals surface area contributed by atoms with Crippen molar-refractivity contribution in [2.45, 2.75) is 4.90 Å². The number of rotatable bonds is 1. The summed E-state index contributed by atoms with van der Waals surface area (Å²) in [5, 5.41) is 2.78. The number of benzene rings is 1. The molecule has 0 atom stereocenters. The highest BCUT2D eigenvalue weighted by molar-refractivity contribution is 8.00. The van der Waals surface area contributed by atoms with E-state index in [9.17, 15) is 4.79 Å². The molecule has 68 valence electrons. The lowest BCUT2D eigenvalue weighted by atomic mass is 10.2. The van der Waals surface area contributed by atoms with E-state index in [1.54, 1.807) is 0 Å². The Morgan fingerprint density at radius 2 is 2.38 bits per heavy atom. The normalized spacial score (nSPS) is 14.7. The fourth-order valence-electron chi connectivity index (χ4n) is 1.17. The lowest BCUT2D eigenvalue weighted by Gasteiger charge is -2.16. The van der Waals surface area contributed by atoms with Crippen molar-refractivity contribution in [1.82, 2.24) is 0 Å². The molecule has 13 heavy (non-hydrogen) atoms. The molecule has 1 aliphatic rings. The number of amides is 1. The molecule has 1 amide bonds. The zero-order valence-corrected chi connectivity index (χ0v) is 7.65. The second-order valence-corrected chi connectivity index (χ2v) is 3.71. The first-order chi connectivity index (χ1) is 6.29. The van der Waals surface area contributed by atoms with E-state index in [4.69, 9.17) is 5.84 Å². The summed E-state index contributed by atoms with van der Waals surface area (Å²) in [5.41, 5.74) is 4.15. The lowest BCUT2D eigenvalue weighted by molar-refractivity contribution is -0.113. The number of nitrogen functional groups attached to an aromatic ring is 1. The van der Waals surface area contributed by atoms with E-state index in [0.29, 0.717) is 5.75 Å². The van der Waals surface area contributed by atoms with Crippen LogP contribution in [0.3, 0.4) is 0 Å². The molecular weight excluding hydrogens is 186 g/mol. The number of carbonyl (C=O) groups is 1. The third-order valence-electron chi connectivity index (χ3n) is 1.78. The Morgan fingerprint density at radius 3 is 3.15 bits per heavy atom. The van der Waals surface area contributed by atoms with Gasteiger partial charge in [-0.15, -0.1) is 11.8 Å². The maximum atomic E-state index is 11.0. The van der Waals surface area contributed by atoms with Gasteiger partial charge in [0.2, 0.25) is 5.91 Å². The van der Waals surface area contributed by atoms with Gasteiger partial charge in [-0.1, -0.05) is 0 Å². The van der Waals surface area contributed by atoms with Crippen LogP contribution in [0.5, 0.6) is 0 Å². The van der Waals surface area contributed by atoms with Gasteiger partial charge in [-0.25, -0.2) is 0 Å². The molecule has 0 aromatic heterocycles. The molecule has 0 aliphatic carbocycles. The van der Waals surface area contributed by atoms with Gasteiger partial charge in [-0.3, -0.25) is 10.6 Å². The van der Waals surface area contributed by atoms with Crippen molar-refractivity contribution in [2.24, 2.45) is 5.84 Å². The van der Waals surface area contributed by atoms with Gasteiger partial charge in [-0.05, 0) is 18.2 Å². The fraction of sp³-hybridized carbons (Fsp3) is 0.125. The van der Waals surface area contributed by atoms with Crippen LogP contribution in [0.2, 0.25) is 0 Å². The minimum atomic E-state index is 0.0340. The number of hydrogen-bond acceptors (Lipinski definition) is 4. The van der Waals surface area contributed by atoms with Crippen LogP contribution >= 0.6 is 11.8 Å². The van der Waals surface area contributed by atoms with Gasteiger partial charge in [0.05, 0.1) is 17.1 Å². The van der Waals surface area contributed by atoms with Crippen LogP contribution < -0.4 is 16.6 Å². The van der Waals surface area contributed by atoms with Crippen molar-refractivity contribution < 1.29 is 4.79 Å². The van der Waals surface area contributed by atoms with Crippen LogP contribution in [0.25, 0.3) is 0 Å². The third kappa shape index (κ3) is 1.61. The van der Waals surface area contributed by atoms with Crippen LogP contribution in [0.1, 0.15) is 0 Å². The SMILES string of the molecule is NNc1ccc2c(c1)NC(=O)CS2. The summed E-state index contributed by atoms with van der Waals surface area (Å²) in [4.78, 5) is 12.1. The molecule has 0 fully saturated rings. The molecule has 0 unspecified atom stereocenters. The standard InChI is InChI=1S/C8H9N3OS/c9-11-5-1-2-7-6(3-5)10-8(12)4-13-7/h1-3,11H,4,9H2,(H,10,12). The number of hydrogen-bond donors (Lipinski definition) is 3. The van der Waals surface area contributed by atoms with Crippen LogP contribution in [0, 0.1) is 0 Å². The summed E-state index contributed by atoms with van der Waals surface area (Å²) >= 11 is 1.54. The summed E-state index contributed by atoms with van der Waals surface area (Å²) in [6.45, 7) is 0. The Balaban J connectivity index is 2.38. The van der Waals surface area contributed by atoms with E-state index in [1.165, 1.54) is 11.8 Å². The second-order valence-electron chi connectivity index (χ2n) is 2.69. The Bertz CT molecular complexity index is 353. The monoisotopic (exact) mass is 195 g/mol. The molecule has 2 rings (SSSR count). The van der Waals surface area contributed by atoms with Gasteiger partial charge in [0, 0.05) is 4.90 Å². The third-order valence-corrected chi connectivity index (χ3v) is 2.85. The number of nitrogens with one attached hydrogen (secondary N) is 2. The molecule has 0 saturated heterocycles. The van der Waals surface area contributed by atoms with Crippen molar-refractivity contribution in [3.8, 4) is 0 Å². The number of carbonyl (C=O) groups excluding carboxylic acids is 1. The first-order valence-electron chi connectivity index (χ1n) is 3.83. The summed E-state index contributed by atoms with van der Waals surface area (Å²) in [6, 6.07) is 5.64. The number of anilines is 2. The predicted molar refractivity (Wildman–Crippen MR) is 53.6 cm³/mol. The average molecular weight is 195 g/mol. The highest BCUT2D eigenvalue weighted by atomic mass is 32.2. The summed E-state index contributed by atoms with van der Waals surface area (Å²) in [5.74, 6) is 5.77. The Labute approximate surface area is 79.8 Å². The van der Waals surface area contributed by atoms with Crippen LogP contribution in [0.15, 0.2) is 23.1 Å². The van der Waals surface area contributed by atoms with Crippen molar-refractivity contribution in [1.29, 1.82) is 0 Å². The molecule has 4 N–H and O–H groups in total. The maximum Gasteiger partial charge on any atom is 0.234 e. The topological polar surface area (TPSA) is 67.2 Å². The summed E-state index contributed by atoms with van der Waals surface area (Å²) in [7, 11) is 0. The van der Waals surface area contributed by atoms with Crippen LogP contribution in [-0.2, 0) is 4.79 Å². The van der Waals surface area contributed by atoms with Crippen molar-refractivity contribution in [2.75, 3.05) is 16.5 Å². The number of thioether (sulfide) groups is 1. The second kappa shape index (κ2) is 3.27. The zero-order chi connectivity index (χ0) is 9.26. The minimum Gasteiger partial charge on any atom is -0.324 e. The lowest BCUT2D eigenvalue weighted by Crippen LogP contribution is -2.19. The molecule has 0 radical (unpaired) electrons. The largest absolute Gasteiger partial charge is 0.324 e. The first kappa shape index (κ1) is 8.40. The van der Waals surface area contributed by atoms with E-state index >= 15 is 0 Å². The molecule has 1 aromatic carbocycles. The van der Waals surface area contributed by atoms with E-state index in [1.807, 2.05) is 18.2 Å². The molecule has 5 heteroatoms. The number of nitrogens with two attached hydrogens (primary N) is 1. The predicted octanol–water partition coefficient (Wildman–Crippen LogP) is 1.02. The van der Waals surface area contributed by atoms with E-state index in [0.717, 1.165) is 16.3 Å². The van der Waals surface area contributed by atoms with E-state index in [2.05, 4.69) is 10.7 Å². The van der Waals surface area contributed by atoms with E-state index in [-0.39, 0.29) is 5.91 Å².